The number of carbonyl (C=O) groups is 1. The molecule has 0 aliphatic rings. The van der Waals surface area contributed by atoms with Crippen LogP contribution in [0.4, 0.5) is 0 Å². The van der Waals surface area contributed by atoms with Gasteiger partial charge >= 0.3 is 5.97 Å². The lowest BCUT2D eigenvalue weighted by Crippen LogP contribution is -2.23. The van der Waals surface area contributed by atoms with Gasteiger partial charge in [0.1, 0.15) is 6.07 Å². The molecule has 0 aromatic heterocycles. The van der Waals surface area contributed by atoms with E-state index in [9.17, 15) is 4.79 Å². The van der Waals surface area contributed by atoms with Gasteiger partial charge in [-0.1, -0.05) is 108 Å². The molecule has 4 heteroatoms. The van der Waals surface area contributed by atoms with Gasteiger partial charge in [0.15, 0.2) is 6.10 Å². The van der Waals surface area contributed by atoms with Crippen LogP contribution in [0.25, 0.3) is 0 Å². The number of ether oxygens (including phenoxy) is 1. The van der Waals surface area contributed by atoms with Crippen molar-refractivity contribution in [3.63, 3.8) is 0 Å². The quantitative estimate of drug-likeness (QED) is 0.226. The van der Waals surface area contributed by atoms with Crippen molar-refractivity contribution < 1.29 is 14.6 Å². The van der Waals surface area contributed by atoms with Crippen molar-refractivity contribution in [2.24, 2.45) is 0 Å². The Labute approximate surface area is 148 Å². The molecule has 0 radical (unpaired) electrons. The molecule has 1 unspecified atom stereocenters. The first-order valence-corrected chi connectivity index (χ1v) is 10.2. The molecular formula is C19H37ClO3. The molecule has 138 valence electrons. The van der Waals surface area contributed by atoms with E-state index in [1.165, 1.54) is 77.0 Å². The first-order valence-electron chi connectivity index (χ1n) is 9.62. The predicted octanol–water partition coefficient (Wildman–Crippen LogP) is 6.52. The van der Waals surface area contributed by atoms with Gasteiger partial charge in [0.05, 0.1) is 0 Å². The van der Waals surface area contributed by atoms with Crippen LogP contribution in [-0.4, -0.2) is 23.2 Å². The van der Waals surface area contributed by atoms with E-state index < -0.39 is 12.1 Å². The molecule has 0 saturated heterocycles. The second-order valence-electron chi connectivity index (χ2n) is 6.49. The zero-order valence-electron chi connectivity index (χ0n) is 15.0. The van der Waals surface area contributed by atoms with Crippen molar-refractivity contribution in [3.05, 3.63) is 0 Å². The van der Waals surface area contributed by atoms with Crippen LogP contribution in [0.2, 0.25) is 0 Å². The number of alkyl halides is 1. The van der Waals surface area contributed by atoms with Gasteiger partial charge in [-0.25, -0.2) is 4.79 Å². The van der Waals surface area contributed by atoms with E-state index in [2.05, 4.69) is 6.92 Å². The topological polar surface area (TPSA) is 46.5 Å². The normalized spacial score (nSPS) is 12.4. The Morgan fingerprint density at radius 3 is 1.57 bits per heavy atom. The molecule has 23 heavy (non-hydrogen) atoms. The summed E-state index contributed by atoms with van der Waals surface area (Å²) in [4.78, 5) is 10.9. The highest BCUT2D eigenvalue weighted by atomic mass is 35.5. The van der Waals surface area contributed by atoms with Crippen LogP contribution >= 0.6 is 11.6 Å². The van der Waals surface area contributed by atoms with Crippen molar-refractivity contribution in [2.75, 3.05) is 6.07 Å². The van der Waals surface area contributed by atoms with Gasteiger partial charge in [-0.3, -0.25) is 0 Å². The third-order valence-corrected chi connectivity index (χ3v) is 4.49. The number of carboxylic acid groups (broad SMARTS) is 1. The van der Waals surface area contributed by atoms with Gasteiger partial charge in [-0.2, -0.15) is 0 Å². The number of aliphatic carboxylic acids is 1. The molecule has 0 bridgehead atoms. The Kier molecular flexibility index (Phi) is 17.8. The maximum atomic E-state index is 10.9. The van der Waals surface area contributed by atoms with Crippen LogP contribution < -0.4 is 0 Å². The third-order valence-electron chi connectivity index (χ3n) is 4.36. The molecule has 3 nitrogen and oxygen atoms in total. The number of rotatable bonds is 18. The van der Waals surface area contributed by atoms with Crippen molar-refractivity contribution in [1.29, 1.82) is 0 Å². The number of hydrogen-bond acceptors (Lipinski definition) is 2. The number of hydrogen-bond donors (Lipinski definition) is 1. The summed E-state index contributed by atoms with van der Waals surface area (Å²) >= 11 is 5.42. The first-order chi connectivity index (χ1) is 11.2. The Morgan fingerprint density at radius 2 is 1.22 bits per heavy atom. The SMILES string of the molecule is CCCCCCCCCCCCCCCCC(OCCl)C(=O)O. The average Bonchev–Trinajstić information content (AvgIpc) is 2.54. The summed E-state index contributed by atoms with van der Waals surface area (Å²) in [6, 6.07) is -0.0461. The second kappa shape index (κ2) is 18.1. The number of carboxylic acids is 1. The van der Waals surface area contributed by atoms with Gasteiger partial charge < -0.3 is 9.84 Å². The van der Waals surface area contributed by atoms with E-state index in [4.69, 9.17) is 21.4 Å². The third kappa shape index (κ3) is 16.4. The zero-order chi connectivity index (χ0) is 17.2. The molecule has 0 fully saturated rings. The summed E-state index contributed by atoms with van der Waals surface area (Å²) in [7, 11) is 0. The first kappa shape index (κ1) is 22.7. The molecule has 0 saturated carbocycles. The van der Waals surface area contributed by atoms with Crippen LogP contribution in [0.5, 0.6) is 0 Å². The molecule has 0 rings (SSSR count). The molecule has 0 aliphatic heterocycles. The van der Waals surface area contributed by atoms with Crippen LogP contribution in [0.3, 0.4) is 0 Å². The van der Waals surface area contributed by atoms with Gasteiger partial charge in [-0.05, 0) is 6.42 Å². The van der Waals surface area contributed by atoms with Crippen LogP contribution in [0, 0.1) is 0 Å². The van der Waals surface area contributed by atoms with E-state index >= 15 is 0 Å². The monoisotopic (exact) mass is 348 g/mol. The summed E-state index contributed by atoms with van der Waals surface area (Å²) in [5, 5.41) is 8.92. The summed E-state index contributed by atoms with van der Waals surface area (Å²) in [5.41, 5.74) is 0. The highest BCUT2D eigenvalue weighted by Crippen LogP contribution is 2.14. The molecule has 0 heterocycles. The van der Waals surface area contributed by atoms with Gasteiger partial charge in [0.2, 0.25) is 0 Å². The molecule has 0 amide bonds. The fourth-order valence-electron chi connectivity index (χ4n) is 2.88. The largest absolute Gasteiger partial charge is 0.479 e. The summed E-state index contributed by atoms with van der Waals surface area (Å²) in [5.74, 6) is -0.902. The molecule has 0 aromatic carbocycles. The van der Waals surface area contributed by atoms with Crippen molar-refractivity contribution >= 4 is 17.6 Å². The van der Waals surface area contributed by atoms with Crippen molar-refractivity contribution in [2.45, 2.75) is 109 Å². The second-order valence-corrected chi connectivity index (χ2v) is 6.71. The fraction of sp³-hybridized carbons (Fsp3) is 0.947. The minimum atomic E-state index is -0.902. The highest BCUT2D eigenvalue weighted by molar-refractivity contribution is 6.17. The Balaban J connectivity index is 3.20. The summed E-state index contributed by atoms with van der Waals surface area (Å²) < 4.78 is 4.98. The molecular weight excluding hydrogens is 312 g/mol. The molecule has 1 atom stereocenters. The molecule has 0 aromatic rings. The molecule has 0 aliphatic carbocycles. The van der Waals surface area contributed by atoms with E-state index in [1.807, 2.05) is 0 Å². The van der Waals surface area contributed by atoms with Crippen molar-refractivity contribution in [3.8, 4) is 0 Å². The lowest BCUT2D eigenvalue weighted by Gasteiger charge is -2.11. The Morgan fingerprint density at radius 1 is 0.826 bits per heavy atom. The minimum absolute atomic E-state index is 0.0461. The maximum absolute atomic E-state index is 10.9. The maximum Gasteiger partial charge on any atom is 0.332 e. The van der Waals surface area contributed by atoms with Gasteiger partial charge in [-0.15, -0.1) is 0 Å². The van der Waals surface area contributed by atoms with Crippen LogP contribution in [0.15, 0.2) is 0 Å². The van der Waals surface area contributed by atoms with Crippen molar-refractivity contribution in [1.82, 2.24) is 0 Å². The minimum Gasteiger partial charge on any atom is -0.479 e. The Hall–Kier alpha value is -0.280. The zero-order valence-corrected chi connectivity index (χ0v) is 15.8. The lowest BCUT2D eigenvalue weighted by molar-refractivity contribution is -0.149. The van der Waals surface area contributed by atoms with E-state index in [0.29, 0.717) is 6.42 Å². The van der Waals surface area contributed by atoms with E-state index in [0.717, 1.165) is 12.8 Å². The van der Waals surface area contributed by atoms with E-state index in [-0.39, 0.29) is 6.07 Å². The number of halogens is 1. The molecule has 0 spiro atoms. The van der Waals surface area contributed by atoms with Gasteiger partial charge in [0.25, 0.3) is 0 Å². The van der Waals surface area contributed by atoms with Gasteiger partial charge in [0, 0.05) is 0 Å². The highest BCUT2D eigenvalue weighted by Gasteiger charge is 2.16. The fourth-order valence-corrected chi connectivity index (χ4v) is 3.03. The van der Waals surface area contributed by atoms with Crippen LogP contribution in [0.1, 0.15) is 103 Å². The lowest BCUT2D eigenvalue weighted by atomic mass is 10.0. The van der Waals surface area contributed by atoms with E-state index in [1.54, 1.807) is 0 Å². The Bertz CT molecular complexity index is 259. The standard InChI is InChI=1S/C19H37ClO3/c1-2-3-4-5-6-7-8-9-10-11-12-13-14-15-16-18(19(21)22)23-17-20/h18H,2-17H2,1H3,(H,21,22). The smallest absolute Gasteiger partial charge is 0.332 e. The number of unbranched alkanes of at least 4 members (excludes halogenated alkanes) is 13. The summed E-state index contributed by atoms with van der Waals surface area (Å²) in [6.07, 6.45) is 18.1. The summed E-state index contributed by atoms with van der Waals surface area (Å²) in [6.45, 7) is 2.26. The van der Waals surface area contributed by atoms with Crippen LogP contribution in [-0.2, 0) is 9.53 Å². The molecule has 1 N–H and O–H groups in total. The average molecular weight is 349 g/mol. The predicted molar refractivity (Wildman–Crippen MR) is 98.2 cm³/mol.